The number of nitrogens with zero attached hydrogens (tertiary/aromatic N) is 6. The molecule has 0 aliphatic carbocycles. The summed E-state index contributed by atoms with van der Waals surface area (Å²) in [5, 5.41) is 19.9. The maximum atomic E-state index is 4.25. The standard InChI is InChI=1S/C8H14Br2N8/c9-3-1-5-17-13-7(11-15-17)8-12-16-18(14-8)6-2-4-10/h15H,1-6H2,(H,11,13). The van der Waals surface area contributed by atoms with Crippen molar-refractivity contribution in [1.82, 2.24) is 36.3 Å². The van der Waals surface area contributed by atoms with Crippen LogP contribution in [0.4, 0.5) is 0 Å². The zero-order valence-corrected chi connectivity index (χ0v) is 12.9. The van der Waals surface area contributed by atoms with Crippen LogP contribution in [0.2, 0.25) is 0 Å². The molecule has 2 rings (SSSR count). The molecule has 1 aromatic rings. The summed E-state index contributed by atoms with van der Waals surface area (Å²) < 4.78 is 0. The third-order valence-corrected chi connectivity index (χ3v) is 3.32. The molecule has 0 atom stereocenters. The molecule has 0 spiro atoms. The van der Waals surface area contributed by atoms with E-state index in [2.05, 4.69) is 63.3 Å². The van der Waals surface area contributed by atoms with Gasteiger partial charge in [0.1, 0.15) is 0 Å². The van der Waals surface area contributed by atoms with Crippen LogP contribution in [0.5, 0.6) is 0 Å². The highest BCUT2D eigenvalue weighted by molar-refractivity contribution is 9.09. The molecular formula is C8H14Br2N8. The highest BCUT2D eigenvalue weighted by Crippen LogP contribution is 1.98. The number of amidine groups is 1. The number of rotatable bonds is 7. The topological polar surface area (TPSA) is 83.3 Å². The first kappa shape index (κ1) is 13.7. The summed E-state index contributed by atoms with van der Waals surface area (Å²) in [6, 6.07) is 0. The van der Waals surface area contributed by atoms with Crippen molar-refractivity contribution < 1.29 is 0 Å². The predicted octanol–water partition coefficient (Wildman–Crippen LogP) is 0.229. The van der Waals surface area contributed by atoms with Crippen LogP contribution < -0.4 is 11.0 Å². The summed E-state index contributed by atoms with van der Waals surface area (Å²) in [4.78, 5) is 1.57. The SMILES string of the molecule is BrCCCN1NN=C(c2nnn(CCCBr)n2)N1. The molecule has 0 aromatic carbocycles. The minimum Gasteiger partial charge on any atom is -0.279 e. The number of hydrazone groups is 1. The van der Waals surface area contributed by atoms with Crippen LogP contribution in [0.25, 0.3) is 0 Å². The lowest BCUT2D eigenvalue weighted by Crippen LogP contribution is -2.42. The zero-order chi connectivity index (χ0) is 12.8. The van der Waals surface area contributed by atoms with E-state index in [9.17, 15) is 0 Å². The maximum Gasteiger partial charge on any atom is 0.243 e. The lowest BCUT2D eigenvalue weighted by Gasteiger charge is -2.13. The maximum absolute atomic E-state index is 4.25. The lowest BCUT2D eigenvalue weighted by molar-refractivity contribution is 0.181. The van der Waals surface area contributed by atoms with Gasteiger partial charge in [0.2, 0.25) is 11.7 Å². The van der Waals surface area contributed by atoms with Crippen molar-refractivity contribution in [1.29, 1.82) is 0 Å². The largest absolute Gasteiger partial charge is 0.279 e. The fourth-order valence-corrected chi connectivity index (χ4v) is 1.85. The fourth-order valence-electron chi connectivity index (χ4n) is 1.35. The van der Waals surface area contributed by atoms with Crippen LogP contribution in [0.1, 0.15) is 18.7 Å². The van der Waals surface area contributed by atoms with Gasteiger partial charge in [0.25, 0.3) is 0 Å². The Bertz CT molecular complexity index is 406. The van der Waals surface area contributed by atoms with Gasteiger partial charge in [-0.05, 0) is 18.1 Å². The van der Waals surface area contributed by atoms with Crippen molar-refractivity contribution >= 4 is 37.7 Å². The average Bonchev–Trinajstić information content (AvgIpc) is 3.02. The summed E-state index contributed by atoms with van der Waals surface area (Å²) >= 11 is 6.75. The van der Waals surface area contributed by atoms with Gasteiger partial charge in [0, 0.05) is 17.2 Å². The van der Waals surface area contributed by atoms with Gasteiger partial charge in [-0.3, -0.25) is 5.43 Å². The van der Waals surface area contributed by atoms with Gasteiger partial charge in [-0.1, -0.05) is 31.9 Å². The summed E-state index contributed by atoms with van der Waals surface area (Å²) in [6.45, 7) is 1.57. The Hall–Kier alpha value is -0.740. The number of tetrazole rings is 1. The monoisotopic (exact) mass is 380 g/mol. The Balaban J connectivity index is 1.87. The molecule has 18 heavy (non-hydrogen) atoms. The van der Waals surface area contributed by atoms with E-state index in [1.807, 2.05) is 0 Å². The van der Waals surface area contributed by atoms with Gasteiger partial charge in [0.15, 0.2) is 0 Å². The molecule has 2 heterocycles. The highest BCUT2D eigenvalue weighted by Gasteiger charge is 2.19. The third kappa shape index (κ3) is 3.62. The van der Waals surface area contributed by atoms with Crippen molar-refractivity contribution in [2.45, 2.75) is 19.4 Å². The van der Waals surface area contributed by atoms with Gasteiger partial charge in [-0.15, -0.1) is 20.4 Å². The lowest BCUT2D eigenvalue weighted by atomic mass is 10.5. The van der Waals surface area contributed by atoms with Crippen molar-refractivity contribution in [3.8, 4) is 0 Å². The van der Waals surface area contributed by atoms with Gasteiger partial charge >= 0.3 is 0 Å². The molecule has 10 heteroatoms. The molecule has 0 saturated carbocycles. The van der Waals surface area contributed by atoms with E-state index in [0.29, 0.717) is 11.7 Å². The molecule has 0 saturated heterocycles. The number of hydrazine groups is 2. The van der Waals surface area contributed by atoms with E-state index in [1.165, 1.54) is 0 Å². The highest BCUT2D eigenvalue weighted by atomic mass is 79.9. The fraction of sp³-hybridized carbons (Fsp3) is 0.750. The van der Waals surface area contributed by atoms with E-state index in [-0.39, 0.29) is 0 Å². The Morgan fingerprint density at radius 2 is 1.89 bits per heavy atom. The quantitative estimate of drug-likeness (QED) is 0.658. The zero-order valence-electron chi connectivity index (χ0n) is 9.68. The first-order valence-electron chi connectivity index (χ1n) is 5.61. The minimum atomic E-state index is 0.499. The van der Waals surface area contributed by atoms with Crippen molar-refractivity contribution in [3.63, 3.8) is 0 Å². The number of halogens is 2. The van der Waals surface area contributed by atoms with Crippen LogP contribution in [0, 0.1) is 0 Å². The van der Waals surface area contributed by atoms with Gasteiger partial charge in [0.05, 0.1) is 6.54 Å². The summed E-state index contributed by atoms with van der Waals surface area (Å²) in [5.74, 6) is 1.09. The van der Waals surface area contributed by atoms with Crippen molar-refractivity contribution in [3.05, 3.63) is 5.82 Å². The first-order valence-corrected chi connectivity index (χ1v) is 7.85. The average molecular weight is 382 g/mol. The number of hydrogen-bond acceptors (Lipinski definition) is 7. The summed E-state index contributed by atoms with van der Waals surface area (Å²) in [6.07, 6.45) is 1.97. The minimum absolute atomic E-state index is 0.499. The Labute approximate surface area is 121 Å². The third-order valence-electron chi connectivity index (χ3n) is 2.20. The Kier molecular flexibility index (Phi) is 5.32. The molecular weight excluding hydrogens is 368 g/mol. The first-order chi connectivity index (χ1) is 8.83. The number of nitrogens with one attached hydrogen (secondary N) is 2. The van der Waals surface area contributed by atoms with Crippen LogP contribution in [-0.4, -0.2) is 48.4 Å². The van der Waals surface area contributed by atoms with Crippen LogP contribution in [0.15, 0.2) is 5.10 Å². The van der Waals surface area contributed by atoms with E-state index < -0.39 is 0 Å². The number of aromatic nitrogens is 4. The van der Waals surface area contributed by atoms with E-state index in [4.69, 9.17) is 0 Å². The molecule has 1 aliphatic rings. The van der Waals surface area contributed by atoms with E-state index in [0.717, 1.165) is 36.6 Å². The van der Waals surface area contributed by atoms with Crippen LogP contribution >= 0.6 is 31.9 Å². The Morgan fingerprint density at radius 1 is 1.11 bits per heavy atom. The van der Waals surface area contributed by atoms with Crippen LogP contribution in [0.3, 0.4) is 0 Å². The van der Waals surface area contributed by atoms with E-state index in [1.54, 1.807) is 9.91 Å². The van der Waals surface area contributed by atoms with Gasteiger partial charge < -0.3 is 0 Å². The molecule has 100 valence electrons. The normalized spacial score (nSPS) is 15.3. The van der Waals surface area contributed by atoms with Crippen LogP contribution in [-0.2, 0) is 6.54 Å². The molecule has 0 fully saturated rings. The second-order valence-electron chi connectivity index (χ2n) is 3.62. The van der Waals surface area contributed by atoms with Crippen molar-refractivity contribution in [2.24, 2.45) is 5.10 Å². The summed E-state index contributed by atoms with van der Waals surface area (Å²) in [7, 11) is 0. The van der Waals surface area contributed by atoms with E-state index >= 15 is 0 Å². The number of aryl methyl sites for hydroxylation is 1. The molecule has 1 aliphatic heterocycles. The molecule has 8 nitrogen and oxygen atoms in total. The molecule has 1 aromatic heterocycles. The molecule has 0 radical (unpaired) electrons. The second-order valence-corrected chi connectivity index (χ2v) is 5.20. The molecule has 2 N–H and O–H groups in total. The predicted molar refractivity (Wildman–Crippen MR) is 74.2 cm³/mol. The molecule has 0 bridgehead atoms. The molecule has 0 amide bonds. The van der Waals surface area contributed by atoms with Gasteiger partial charge in [-0.25, -0.2) is 5.53 Å². The second kappa shape index (κ2) is 7.00. The summed E-state index contributed by atoms with van der Waals surface area (Å²) in [5.41, 5.74) is 5.93. The smallest absolute Gasteiger partial charge is 0.243 e. The van der Waals surface area contributed by atoms with Gasteiger partial charge in [-0.2, -0.15) is 4.80 Å². The van der Waals surface area contributed by atoms with Crippen molar-refractivity contribution in [2.75, 3.05) is 17.2 Å². The Morgan fingerprint density at radius 3 is 2.67 bits per heavy atom. The molecule has 0 unspecified atom stereocenters. The number of alkyl halides is 2. The number of hydrogen-bond donors (Lipinski definition) is 2.